The van der Waals surface area contributed by atoms with Gasteiger partial charge in [0.1, 0.15) is 5.78 Å². The number of nitrogens with zero attached hydrogens (tertiary/aromatic N) is 1. The third kappa shape index (κ3) is 3.74. The van der Waals surface area contributed by atoms with Crippen molar-refractivity contribution in [3.8, 4) is 0 Å². The van der Waals surface area contributed by atoms with Crippen LogP contribution in [0, 0.1) is 0 Å². The van der Waals surface area contributed by atoms with Crippen LogP contribution in [-0.4, -0.2) is 42.9 Å². The van der Waals surface area contributed by atoms with Crippen LogP contribution in [0.5, 0.6) is 0 Å². The molecule has 0 radical (unpaired) electrons. The van der Waals surface area contributed by atoms with E-state index in [2.05, 4.69) is 4.90 Å². The second-order valence-corrected chi connectivity index (χ2v) is 5.96. The van der Waals surface area contributed by atoms with E-state index in [4.69, 9.17) is 4.74 Å². The van der Waals surface area contributed by atoms with E-state index in [0.717, 1.165) is 38.0 Å². The predicted octanol–water partition coefficient (Wildman–Crippen LogP) is 2.56. The highest BCUT2D eigenvalue weighted by Crippen LogP contribution is 2.36. The largest absolute Gasteiger partial charge is 0.465 e. The topological polar surface area (TPSA) is 46.6 Å². The molecule has 0 amide bonds. The fourth-order valence-corrected chi connectivity index (χ4v) is 3.11. The third-order valence-corrected chi connectivity index (χ3v) is 4.48. The Hall–Kier alpha value is -1.68. The molecule has 0 bridgehead atoms. The lowest BCUT2D eigenvalue weighted by molar-refractivity contribution is -0.152. The van der Waals surface area contributed by atoms with Crippen LogP contribution in [0.3, 0.4) is 0 Å². The highest BCUT2D eigenvalue weighted by molar-refractivity contribution is 5.83. The molecule has 120 valence electrons. The smallest absolute Gasteiger partial charge is 0.316 e. The number of ether oxygens (including phenoxy) is 1. The Balaban J connectivity index is 2.12. The molecule has 0 spiro atoms. The lowest BCUT2D eigenvalue weighted by Gasteiger charge is -2.40. The second kappa shape index (κ2) is 7.54. The van der Waals surface area contributed by atoms with Gasteiger partial charge in [-0.25, -0.2) is 0 Å². The van der Waals surface area contributed by atoms with Crippen molar-refractivity contribution in [3.63, 3.8) is 0 Å². The quantitative estimate of drug-likeness (QED) is 0.758. The van der Waals surface area contributed by atoms with E-state index in [1.165, 1.54) is 0 Å². The highest BCUT2D eigenvalue weighted by Gasteiger charge is 2.43. The van der Waals surface area contributed by atoms with Crippen LogP contribution in [0.4, 0.5) is 0 Å². The molecule has 0 atom stereocenters. The van der Waals surface area contributed by atoms with E-state index in [1.54, 1.807) is 6.92 Å². The lowest BCUT2D eigenvalue weighted by atomic mass is 9.72. The first-order chi connectivity index (χ1) is 10.6. The molecule has 0 N–H and O–H groups in total. The SMILES string of the molecule is CCOC(=O)C1(c2ccccc2)CCN(CCC(C)=O)CC1. The Morgan fingerprint density at radius 1 is 1.18 bits per heavy atom. The van der Waals surface area contributed by atoms with Gasteiger partial charge in [-0.2, -0.15) is 0 Å². The van der Waals surface area contributed by atoms with Crippen molar-refractivity contribution in [3.05, 3.63) is 35.9 Å². The number of Topliss-reactive ketones (excluding diaryl/α,β-unsaturated/α-hetero) is 1. The normalized spacial score (nSPS) is 17.9. The van der Waals surface area contributed by atoms with Crippen LogP contribution in [0.25, 0.3) is 0 Å². The van der Waals surface area contributed by atoms with Gasteiger partial charge in [0.15, 0.2) is 0 Å². The minimum Gasteiger partial charge on any atom is -0.465 e. The molecule has 1 fully saturated rings. The number of benzene rings is 1. The summed E-state index contributed by atoms with van der Waals surface area (Å²) in [6, 6.07) is 9.94. The number of esters is 1. The Kier molecular flexibility index (Phi) is 5.72. The Labute approximate surface area is 132 Å². The monoisotopic (exact) mass is 303 g/mol. The summed E-state index contributed by atoms with van der Waals surface area (Å²) >= 11 is 0. The van der Waals surface area contributed by atoms with Crippen molar-refractivity contribution in [2.24, 2.45) is 0 Å². The predicted molar refractivity (Wildman–Crippen MR) is 85.7 cm³/mol. The van der Waals surface area contributed by atoms with Crippen molar-refractivity contribution in [1.29, 1.82) is 0 Å². The molecule has 4 heteroatoms. The molecule has 1 aliphatic heterocycles. The number of rotatable bonds is 6. The maximum atomic E-state index is 12.6. The van der Waals surface area contributed by atoms with E-state index < -0.39 is 5.41 Å². The second-order valence-electron chi connectivity index (χ2n) is 5.96. The van der Waals surface area contributed by atoms with Crippen molar-refractivity contribution in [2.45, 2.75) is 38.5 Å². The maximum absolute atomic E-state index is 12.6. The van der Waals surface area contributed by atoms with Gasteiger partial charge >= 0.3 is 5.97 Å². The van der Waals surface area contributed by atoms with Gasteiger partial charge in [-0.05, 0) is 45.3 Å². The summed E-state index contributed by atoms with van der Waals surface area (Å²) in [5, 5.41) is 0. The zero-order valence-corrected chi connectivity index (χ0v) is 13.5. The first-order valence-electron chi connectivity index (χ1n) is 8.03. The molecule has 0 unspecified atom stereocenters. The number of carbonyl (C=O) groups is 2. The summed E-state index contributed by atoms with van der Waals surface area (Å²) in [7, 11) is 0. The molecule has 22 heavy (non-hydrogen) atoms. The van der Waals surface area contributed by atoms with E-state index >= 15 is 0 Å². The number of likely N-dealkylation sites (tertiary alicyclic amines) is 1. The average Bonchev–Trinajstić information content (AvgIpc) is 2.54. The summed E-state index contributed by atoms with van der Waals surface area (Å²) in [6.45, 7) is 6.29. The van der Waals surface area contributed by atoms with Crippen LogP contribution < -0.4 is 0 Å². The molecule has 0 aliphatic carbocycles. The molecule has 1 saturated heterocycles. The van der Waals surface area contributed by atoms with Gasteiger partial charge in [0, 0.05) is 13.0 Å². The van der Waals surface area contributed by atoms with Crippen molar-refractivity contribution < 1.29 is 14.3 Å². The fourth-order valence-electron chi connectivity index (χ4n) is 3.11. The molecule has 2 rings (SSSR count). The number of piperidine rings is 1. The first-order valence-corrected chi connectivity index (χ1v) is 8.03. The van der Waals surface area contributed by atoms with Crippen molar-refractivity contribution in [2.75, 3.05) is 26.2 Å². The number of hydrogen-bond acceptors (Lipinski definition) is 4. The minimum absolute atomic E-state index is 0.118. The Morgan fingerprint density at radius 2 is 1.82 bits per heavy atom. The van der Waals surface area contributed by atoms with E-state index in [1.807, 2.05) is 37.3 Å². The van der Waals surface area contributed by atoms with Crippen molar-refractivity contribution in [1.82, 2.24) is 4.90 Å². The molecular formula is C18H25NO3. The van der Waals surface area contributed by atoms with Gasteiger partial charge in [-0.3, -0.25) is 9.59 Å². The molecule has 1 aromatic rings. The van der Waals surface area contributed by atoms with Crippen LogP contribution >= 0.6 is 0 Å². The fraction of sp³-hybridized carbons (Fsp3) is 0.556. The van der Waals surface area contributed by atoms with E-state index in [9.17, 15) is 9.59 Å². The maximum Gasteiger partial charge on any atom is 0.316 e. The highest BCUT2D eigenvalue weighted by atomic mass is 16.5. The van der Waals surface area contributed by atoms with Gasteiger partial charge in [0.05, 0.1) is 12.0 Å². The number of ketones is 1. The standard InChI is InChI=1S/C18H25NO3/c1-3-22-17(21)18(16-7-5-4-6-8-16)10-13-19(14-11-18)12-9-15(2)20/h4-8H,3,9-14H2,1-2H3. The third-order valence-electron chi connectivity index (χ3n) is 4.48. The molecule has 0 saturated carbocycles. The Bertz CT molecular complexity index is 504. The van der Waals surface area contributed by atoms with Gasteiger partial charge in [-0.15, -0.1) is 0 Å². The van der Waals surface area contributed by atoms with Crippen LogP contribution in [0.1, 0.15) is 38.7 Å². The molecule has 1 heterocycles. The van der Waals surface area contributed by atoms with Gasteiger partial charge in [-0.1, -0.05) is 30.3 Å². The zero-order chi connectivity index (χ0) is 16.0. The van der Waals surface area contributed by atoms with E-state index in [0.29, 0.717) is 13.0 Å². The Morgan fingerprint density at radius 3 is 2.36 bits per heavy atom. The minimum atomic E-state index is -0.538. The molecule has 1 aromatic carbocycles. The van der Waals surface area contributed by atoms with Gasteiger partial charge in [0.2, 0.25) is 0 Å². The molecule has 1 aliphatic rings. The van der Waals surface area contributed by atoms with E-state index in [-0.39, 0.29) is 11.8 Å². The van der Waals surface area contributed by atoms with Gasteiger partial charge in [0.25, 0.3) is 0 Å². The number of carbonyl (C=O) groups excluding carboxylic acids is 2. The summed E-state index contributed by atoms with van der Waals surface area (Å²) < 4.78 is 5.36. The summed E-state index contributed by atoms with van der Waals surface area (Å²) in [6.07, 6.45) is 2.07. The molecule has 4 nitrogen and oxygen atoms in total. The van der Waals surface area contributed by atoms with Gasteiger partial charge < -0.3 is 9.64 Å². The zero-order valence-electron chi connectivity index (χ0n) is 13.5. The van der Waals surface area contributed by atoms with Crippen LogP contribution in [0.2, 0.25) is 0 Å². The first kappa shape index (κ1) is 16.7. The summed E-state index contributed by atoms with van der Waals surface area (Å²) in [5.74, 6) is 0.0951. The van der Waals surface area contributed by atoms with Crippen molar-refractivity contribution >= 4 is 11.8 Å². The molecular weight excluding hydrogens is 278 g/mol. The molecule has 0 aromatic heterocycles. The van der Waals surface area contributed by atoms with Crippen LogP contribution in [-0.2, 0) is 19.7 Å². The summed E-state index contributed by atoms with van der Waals surface area (Å²) in [5.41, 5.74) is 0.504. The lowest BCUT2D eigenvalue weighted by Crippen LogP contribution is -2.48. The average molecular weight is 303 g/mol. The summed E-state index contributed by atoms with van der Waals surface area (Å²) in [4.78, 5) is 26.0. The van der Waals surface area contributed by atoms with Crippen LogP contribution in [0.15, 0.2) is 30.3 Å². The number of hydrogen-bond donors (Lipinski definition) is 0.